The van der Waals surface area contributed by atoms with Gasteiger partial charge in [0.15, 0.2) is 0 Å². The summed E-state index contributed by atoms with van der Waals surface area (Å²) < 4.78 is 0. The maximum absolute atomic E-state index is 12.7. The quantitative estimate of drug-likeness (QED) is 0.738. The summed E-state index contributed by atoms with van der Waals surface area (Å²) in [7, 11) is 0. The molecule has 0 saturated carbocycles. The molecule has 6 heteroatoms. The number of rotatable bonds is 1. The minimum atomic E-state index is -0.680. The summed E-state index contributed by atoms with van der Waals surface area (Å²) in [6.07, 6.45) is 1.08. The molecular formula is C20H21N3O3. The Balaban J connectivity index is 1.49. The van der Waals surface area contributed by atoms with E-state index in [9.17, 15) is 14.7 Å². The first-order chi connectivity index (χ1) is 12.5. The van der Waals surface area contributed by atoms with Gasteiger partial charge in [-0.1, -0.05) is 18.2 Å². The molecule has 1 fully saturated rings. The lowest BCUT2D eigenvalue weighted by Gasteiger charge is -2.44. The molecule has 2 aliphatic rings. The lowest BCUT2D eigenvalue weighted by atomic mass is 9.84. The van der Waals surface area contributed by atoms with Gasteiger partial charge in [-0.15, -0.1) is 0 Å². The van der Waals surface area contributed by atoms with Crippen LogP contribution in [0.5, 0.6) is 5.75 Å². The Hall–Kier alpha value is -3.02. The van der Waals surface area contributed by atoms with Crippen molar-refractivity contribution in [1.82, 2.24) is 4.90 Å². The molecule has 4 rings (SSSR count). The van der Waals surface area contributed by atoms with Crippen LogP contribution in [0.25, 0.3) is 0 Å². The second kappa shape index (κ2) is 6.05. The van der Waals surface area contributed by atoms with Gasteiger partial charge < -0.3 is 20.6 Å². The lowest BCUT2D eigenvalue weighted by Crippen LogP contribution is -2.59. The number of piperidine rings is 1. The predicted octanol–water partition coefficient (Wildman–Crippen LogP) is 2.74. The van der Waals surface area contributed by atoms with Gasteiger partial charge in [0.2, 0.25) is 5.91 Å². The number of nitrogens with one attached hydrogen (secondary N) is 2. The van der Waals surface area contributed by atoms with Crippen molar-refractivity contribution < 1.29 is 14.7 Å². The van der Waals surface area contributed by atoms with Crippen LogP contribution in [0.1, 0.15) is 28.8 Å². The van der Waals surface area contributed by atoms with Gasteiger partial charge in [-0.05, 0) is 49.6 Å². The van der Waals surface area contributed by atoms with Crippen LogP contribution in [0.15, 0.2) is 42.5 Å². The highest BCUT2D eigenvalue weighted by molar-refractivity contribution is 6.06. The average molecular weight is 351 g/mol. The molecule has 0 unspecified atom stereocenters. The van der Waals surface area contributed by atoms with Crippen LogP contribution >= 0.6 is 0 Å². The molecule has 2 aromatic rings. The molecule has 0 aromatic heterocycles. The van der Waals surface area contributed by atoms with E-state index >= 15 is 0 Å². The van der Waals surface area contributed by atoms with Gasteiger partial charge in [0.25, 0.3) is 5.91 Å². The van der Waals surface area contributed by atoms with Crippen LogP contribution in [0, 0.1) is 6.92 Å². The van der Waals surface area contributed by atoms with Crippen molar-refractivity contribution in [3.05, 3.63) is 53.6 Å². The zero-order valence-corrected chi connectivity index (χ0v) is 14.6. The molecule has 0 radical (unpaired) electrons. The monoisotopic (exact) mass is 351 g/mol. The number of benzene rings is 2. The number of hydrogen-bond acceptors (Lipinski definition) is 4. The smallest absolute Gasteiger partial charge is 0.253 e. The van der Waals surface area contributed by atoms with Gasteiger partial charge in [0.05, 0.1) is 11.4 Å². The summed E-state index contributed by atoms with van der Waals surface area (Å²) in [6, 6.07) is 12.6. The molecule has 1 spiro atoms. The van der Waals surface area contributed by atoms with Crippen molar-refractivity contribution in [2.75, 3.05) is 23.7 Å². The number of para-hydroxylation sites is 2. The van der Waals surface area contributed by atoms with Gasteiger partial charge >= 0.3 is 0 Å². The van der Waals surface area contributed by atoms with Crippen LogP contribution in [0.4, 0.5) is 11.4 Å². The van der Waals surface area contributed by atoms with Gasteiger partial charge in [0.1, 0.15) is 11.3 Å². The van der Waals surface area contributed by atoms with Crippen LogP contribution in [-0.2, 0) is 4.79 Å². The Morgan fingerprint density at radius 1 is 1.12 bits per heavy atom. The Morgan fingerprint density at radius 3 is 2.50 bits per heavy atom. The number of aromatic hydroxyl groups is 1. The summed E-state index contributed by atoms with van der Waals surface area (Å²) >= 11 is 0. The second-order valence-electron chi connectivity index (χ2n) is 7.00. The molecular weight excluding hydrogens is 330 g/mol. The van der Waals surface area contributed by atoms with Crippen molar-refractivity contribution in [2.45, 2.75) is 25.3 Å². The van der Waals surface area contributed by atoms with E-state index in [1.165, 1.54) is 6.07 Å². The first-order valence-corrected chi connectivity index (χ1v) is 8.76. The molecule has 0 aliphatic carbocycles. The second-order valence-corrected chi connectivity index (χ2v) is 7.00. The average Bonchev–Trinajstić information content (AvgIpc) is 2.65. The third-order valence-electron chi connectivity index (χ3n) is 5.34. The van der Waals surface area contributed by atoms with E-state index in [1.807, 2.05) is 24.3 Å². The standard InChI is InChI=1S/C20H21N3O3/c1-13-6-7-14(12-17(13)24)18(25)23-10-8-20(9-11-23)19(26)21-15-4-2-3-5-16(15)22-20/h2-7,12,22,24H,8-11H2,1H3,(H,21,26). The van der Waals surface area contributed by atoms with E-state index < -0.39 is 5.54 Å². The zero-order valence-electron chi connectivity index (χ0n) is 14.6. The first kappa shape index (κ1) is 16.4. The van der Waals surface area contributed by atoms with E-state index in [0.29, 0.717) is 31.5 Å². The highest BCUT2D eigenvalue weighted by Crippen LogP contribution is 2.36. The fraction of sp³-hybridized carbons (Fsp3) is 0.300. The highest BCUT2D eigenvalue weighted by Gasteiger charge is 2.45. The van der Waals surface area contributed by atoms with Gasteiger partial charge in [-0.2, -0.15) is 0 Å². The molecule has 26 heavy (non-hydrogen) atoms. The van der Waals surface area contributed by atoms with E-state index in [0.717, 1.165) is 16.9 Å². The van der Waals surface area contributed by atoms with Crippen molar-refractivity contribution >= 4 is 23.2 Å². The molecule has 2 aromatic carbocycles. The van der Waals surface area contributed by atoms with Gasteiger partial charge in [-0.25, -0.2) is 0 Å². The Bertz CT molecular complexity index is 886. The van der Waals surface area contributed by atoms with Crippen LogP contribution in [0.3, 0.4) is 0 Å². The summed E-state index contributed by atoms with van der Waals surface area (Å²) in [4.78, 5) is 27.1. The highest BCUT2D eigenvalue weighted by atomic mass is 16.3. The summed E-state index contributed by atoms with van der Waals surface area (Å²) in [5, 5.41) is 16.2. The molecule has 2 amide bonds. The number of carbonyl (C=O) groups is 2. The number of phenols is 1. The predicted molar refractivity (Wildman–Crippen MR) is 99.4 cm³/mol. The van der Waals surface area contributed by atoms with Gasteiger partial charge in [-0.3, -0.25) is 9.59 Å². The fourth-order valence-corrected chi connectivity index (χ4v) is 3.63. The number of fused-ring (bicyclic) bond motifs is 1. The number of likely N-dealkylation sites (tertiary alicyclic amines) is 1. The topological polar surface area (TPSA) is 81.7 Å². The number of nitrogens with zero attached hydrogens (tertiary/aromatic N) is 1. The fourth-order valence-electron chi connectivity index (χ4n) is 3.63. The number of amides is 2. The molecule has 0 bridgehead atoms. The molecule has 3 N–H and O–H groups in total. The van der Waals surface area contributed by atoms with Crippen molar-refractivity contribution in [2.24, 2.45) is 0 Å². The lowest BCUT2D eigenvalue weighted by molar-refractivity contribution is -0.122. The largest absolute Gasteiger partial charge is 0.508 e. The van der Waals surface area contributed by atoms with E-state index in [1.54, 1.807) is 24.0 Å². The minimum Gasteiger partial charge on any atom is -0.508 e. The summed E-state index contributed by atoms with van der Waals surface area (Å²) in [5.41, 5.74) is 2.23. The maximum Gasteiger partial charge on any atom is 0.253 e. The van der Waals surface area contributed by atoms with E-state index in [-0.39, 0.29) is 17.6 Å². The molecule has 6 nitrogen and oxygen atoms in total. The summed E-state index contributed by atoms with van der Waals surface area (Å²) in [6.45, 7) is 2.76. The molecule has 0 atom stereocenters. The maximum atomic E-state index is 12.7. The zero-order chi connectivity index (χ0) is 18.3. The van der Waals surface area contributed by atoms with Crippen LogP contribution < -0.4 is 10.6 Å². The SMILES string of the molecule is Cc1ccc(C(=O)N2CCC3(CC2)Nc2ccccc2NC3=O)cc1O. The minimum absolute atomic E-state index is 0.0451. The molecule has 134 valence electrons. The Morgan fingerprint density at radius 2 is 1.81 bits per heavy atom. The van der Waals surface area contributed by atoms with Crippen LogP contribution in [-0.4, -0.2) is 40.4 Å². The number of hydrogen-bond donors (Lipinski definition) is 3. The van der Waals surface area contributed by atoms with Crippen molar-refractivity contribution in [1.29, 1.82) is 0 Å². The van der Waals surface area contributed by atoms with Crippen molar-refractivity contribution in [3.63, 3.8) is 0 Å². The van der Waals surface area contributed by atoms with E-state index in [4.69, 9.17) is 0 Å². The van der Waals surface area contributed by atoms with Crippen LogP contribution in [0.2, 0.25) is 0 Å². The molecule has 1 saturated heterocycles. The number of aryl methyl sites for hydroxylation is 1. The number of phenolic OH excluding ortho intramolecular Hbond substituents is 1. The Labute approximate surface area is 151 Å². The number of anilines is 2. The Kier molecular flexibility index (Phi) is 3.83. The van der Waals surface area contributed by atoms with E-state index in [2.05, 4.69) is 10.6 Å². The number of carbonyl (C=O) groups excluding carboxylic acids is 2. The first-order valence-electron chi connectivity index (χ1n) is 8.76. The normalized spacial score (nSPS) is 18.0. The van der Waals surface area contributed by atoms with Crippen molar-refractivity contribution in [3.8, 4) is 5.75 Å². The van der Waals surface area contributed by atoms with Gasteiger partial charge in [0, 0.05) is 18.7 Å². The molecule has 2 aliphatic heterocycles. The third-order valence-corrected chi connectivity index (χ3v) is 5.34. The summed E-state index contributed by atoms with van der Waals surface area (Å²) in [5.74, 6) is -0.0442. The molecule has 2 heterocycles. The third kappa shape index (κ3) is 2.67.